The van der Waals surface area contributed by atoms with Crippen molar-refractivity contribution in [2.75, 3.05) is 5.32 Å². The number of hydrogen-bond acceptors (Lipinski definition) is 7. The Morgan fingerprint density at radius 1 is 0.681 bits per heavy atom. The van der Waals surface area contributed by atoms with Crippen molar-refractivity contribution in [1.29, 1.82) is 0 Å². The summed E-state index contributed by atoms with van der Waals surface area (Å²) in [5, 5.41) is 7.89. The predicted molar refractivity (Wildman–Crippen MR) is 180 cm³/mol. The normalized spacial score (nSPS) is 12.9. The fourth-order valence-electron chi connectivity index (χ4n) is 4.62. The Bertz CT molecular complexity index is 1440. The van der Waals surface area contributed by atoms with Crippen LogP contribution < -0.4 is 16.0 Å². The van der Waals surface area contributed by atoms with Crippen molar-refractivity contribution in [1.82, 2.24) is 10.6 Å². The Labute approximate surface area is 277 Å². The fourth-order valence-corrected chi connectivity index (χ4v) is 4.62. The lowest BCUT2D eigenvalue weighted by Gasteiger charge is -2.30. The molecule has 0 aliphatic rings. The van der Waals surface area contributed by atoms with Crippen LogP contribution in [0.25, 0.3) is 0 Å². The quantitative estimate of drug-likeness (QED) is 0.129. The molecule has 10 heteroatoms. The summed E-state index contributed by atoms with van der Waals surface area (Å²) in [6.07, 6.45) is -1.35. The molecule has 0 heterocycles. The first-order valence-electron chi connectivity index (χ1n) is 15.7. The monoisotopic (exact) mass is 645 g/mol. The maximum Gasteiger partial charge on any atom is 0.313 e. The third kappa shape index (κ3) is 12.6. The Morgan fingerprint density at radius 3 is 1.70 bits per heavy atom. The molecule has 2 unspecified atom stereocenters. The molecule has 0 saturated heterocycles. The van der Waals surface area contributed by atoms with Gasteiger partial charge in [-0.3, -0.25) is 19.2 Å². The van der Waals surface area contributed by atoms with Crippen molar-refractivity contribution in [2.45, 2.75) is 97.5 Å². The average Bonchev–Trinajstić information content (AvgIpc) is 3.00. The number of nitrogens with one attached hydrogen (secondary N) is 3. The number of carbonyl (C=O) groups excluding carboxylic acids is 4. The van der Waals surface area contributed by atoms with Crippen LogP contribution in [0.2, 0.25) is 0 Å². The van der Waals surface area contributed by atoms with Crippen molar-refractivity contribution < 1.29 is 33.4 Å². The van der Waals surface area contributed by atoms with Gasteiger partial charge < -0.3 is 30.2 Å². The van der Waals surface area contributed by atoms with Crippen LogP contribution in [-0.2, 0) is 52.0 Å². The summed E-state index contributed by atoms with van der Waals surface area (Å²) < 4.78 is 17.9. The fraction of sp³-hybridized carbons (Fsp3) is 0.405. The molecule has 47 heavy (non-hydrogen) atoms. The number of benzene rings is 3. The summed E-state index contributed by atoms with van der Waals surface area (Å²) in [6, 6.07) is 23.9. The van der Waals surface area contributed by atoms with Crippen LogP contribution in [0.3, 0.4) is 0 Å². The second-order valence-corrected chi connectivity index (χ2v) is 13.3. The molecule has 3 N–H and O–H groups in total. The van der Waals surface area contributed by atoms with E-state index in [1.54, 1.807) is 32.9 Å². The van der Waals surface area contributed by atoms with E-state index in [0.717, 1.165) is 16.7 Å². The van der Waals surface area contributed by atoms with E-state index < -0.39 is 47.7 Å². The maximum absolute atomic E-state index is 13.5. The zero-order valence-electron chi connectivity index (χ0n) is 28.3. The van der Waals surface area contributed by atoms with Gasteiger partial charge in [0.15, 0.2) is 6.29 Å². The smallest absolute Gasteiger partial charge is 0.313 e. The summed E-state index contributed by atoms with van der Waals surface area (Å²) in [4.78, 5) is 52.2. The lowest BCUT2D eigenvalue weighted by atomic mass is 9.86. The molecule has 0 saturated carbocycles. The summed E-state index contributed by atoms with van der Waals surface area (Å²) in [5.74, 6) is -3.13. The molecular weight excluding hydrogens is 598 g/mol. The second-order valence-electron chi connectivity index (χ2n) is 13.3. The van der Waals surface area contributed by atoms with E-state index in [2.05, 4.69) is 16.0 Å². The van der Waals surface area contributed by atoms with Gasteiger partial charge in [-0.25, -0.2) is 0 Å². The van der Waals surface area contributed by atoms with Gasteiger partial charge in [0.05, 0.1) is 25.7 Å². The predicted octanol–water partition coefficient (Wildman–Crippen LogP) is 5.40. The minimum Gasteiger partial charge on any atom is -0.460 e. The number of para-hydroxylation sites is 1. The molecule has 0 aliphatic heterocycles. The molecule has 0 bridgehead atoms. The van der Waals surface area contributed by atoms with E-state index in [-0.39, 0.29) is 25.0 Å². The van der Waals surface area contributed by atoms with Gasteiger partial charge in [-0.05, 0) is 55.9 Å². The Balaban J connectivity index is 1.77. The molecule has 0 radical (unpaired) electrons. The van der Waals surface area contributed by atoms with Gasteiger partial charge in [0.1, 0.15) is 11.6 Å². The number of anilines is 1. The van der Waals surface area contributed by atoms with Gasteiger partial charge in [-0.1, -0.05) is 99.6 Å². The lowest BCUT2D eigenvalue weighted by molar-refractivity contribution is -0.183. The van der Waals surface area contributed by atoms with E-state index in [0.29, 0.717) is 5.69 Å². The molecule has 0 spiro atoms. The lowest BCUT2D eigenvalue weighted by Crippen LogP contribution is -2.54. The molecule has 2 atom stereocenters. The third-order valence-electron chi connectivity index (χ3n) is 6.91. The summed E-state index contributed by atoms with van der Waals surface area (Å²) in [5.41, 5.74) is 2.04. The van der Waals surface area contributed by atoms with E-state index in [1.807, 2.05) is 93.6 Å². The number of carbonyl (C=O) groups is 4. The molecule has 3 aromatic carbocycles. The Morgan fingerprint density at radius 2 is 1.19 bits per heavy atom. The first-order chi connectivity index (χ1) is 22.1. The van der Waals surface area contributed by atoms with Gasteiger partial charge in [0.25, 0.3) is 0 Å². The maximum atomic E-state index is 13.5. The highest BCUT2D eigenvalue weighted by Gasteiger charge is 2.32. The minimum atomic E-state index is -1.14. The van der Waals surface area contributed by atoms with Crippen LogP contribution in [0.5, 0.6) is 0 Å². The molecule has 10 nitrogen and oxygen atoms in total. The first kappa shape index (κ1) is 36.9. The van der Waals surface area contributed by atoms with Gasteiger partial charge in [0.2, 0.25) is 5.91 Å². The first-order valence-corrected chi connectivity index (χ1v) is 15.7. The minimum absolute atomic E-state index is 0.142. The van der Waals surface area contributed by atoms with Crippen LogP contribution in [0, 0.1) is 0 Å². The van der Waals surface area contributed by atoms with Crippen molar-refractivity contribution in [3.63, 3.8) is 0 Å². The zero-order chi connectivity index (χ0) is 34.6. The standard InChI is InChI=1S/C37H47N3O7/c1-25(38-33(43)34(44)39-29-21-15-14-20-28(29)36(2,3)4)32(42)40-30(22-31(41)47-37(5,6)7)35(45-23-26-16-10-8-11-17-26)46-24-27-18-12-9-13-19-27/h8-21,25,30,35H,22-24H2,1-7H3,(H,38,43)(H,39,44)(H,40,42). The summed E-state index contributed by atoms with van der Waals surface area (Å²) >= 11 is 0. The largest absolute Gasteiger partial charge is 0.460 e. The van der Waals surface area contributed by atoms with E-state index in [9.17, 15) is 19.2 Å². The van der Waals surface area contributed by atoms with Crippen molar-refractivity contribution in [3.05, 3.63) is 102 Å². The number of hydrogen-bond donors (Lipinski definition) is 3. The number of ether oxygens (including phenoxy) is 3. The van der Waals surface area contributed by atoms with Crippen LogP contribution in [-0.4, -0.2) is 47.7 Å². The molecular formula is C37H47N3O7. The van der Waals surface area contributed by atoms with Crippen LogP contribution in [0.15, 0.2) is 84.9 Å². The molecule has 0 aliphatic carbocycles. The van der Waals surface area contributed by atoms with Gasteiger partial charge in [0, 0.05) is 5.69 Å². The van der Waals surface area contributed by atoms with Crippen molar-refractivity contribution in [2.24, 2.45) is 0 Å². The number of amides is 3. The highest BCUT2D eigenvalue weighted by Crippen LogP contribution is 2.29. The average molecular weight is 646 g/mol. The highest BCUT2D eigenvalue weighted by molar-refractivity contribution is 6.40. The zero-order valence-corrected chi connectivity index (χ0v) is 28.3. The number of rotatable bonds is 13. The van der Waals surface area contributed by atoms with Gasteiger partial charge in [-0.15, -0.1) is 0 Å². The van der Waals surface area contributed by atoms with Crippen LogP contribution in [0.4, 0.5) is 5.69 Å². The van der Waals surface area contributed by atoms with E-state index in [4.69, 9.17) is 14.2 Å². The number of esters is 1. The van der Waals surface area contributed by atoms with Gasteiger partial charge in [-0.2, -0.15) is 0 Å². The molecule has 3 amide bonds. The van der Waals surface area contributed by atoms with E-state index >= 15 is 0 Å². The summed E-state index contributed by atoms with van der Waals surface area (Å²) in [7, 11) is 0. The van der Waals surface area contributed by atoms with Crippen LogP contribution >= 0.6 is 0 Å². The van der Waals surface area contributed by atoms with Crippen molar-refractivity contribution in [3.8, 4) is 0 Å². The summed E-state index contributed by atoms with van der Waals surface area (Å²) in [6.45, 7) is 13.0. The second kappa shape index (κ2) is 16.9. The van der Waals surface area contributed by atoms with E-state index in [1.165, 1.54) is 6.92 Å². The highest BCUT2D eigenvalue weighted by atomic mass is 16.7. The SMILES string of the molecule is CC(NC(=O)C(=O)Nc1ccccc1C(C)(C)C)C(=O)NC(CC(=O)OC(C)(C)C)C(OCc1ccccc1)OCc1ccccc1. The van der Waals surface area contributed by atoms with Crippen LogP contribution in [0.1, 0.15) is 71.6 Å². The topological polar surface area (TPSA) is 132 Å². The molecule has 252 valence electrons. The Kier molecular flexibility index (Phi) is 13.2. The molecule has 0 aromatic heterocycles. The molecule has 3 rings (SSSR count). The molecule has 3 aromatic rings. The third-order valence-corrected chi connectivity index (χ3v) is 6.91. The molecule has 0 fully saturated rings. The van der Waals surface area contributed by atoms with Crippen molar-refractivity contribution >= 4 is 29.4 Å². The Hall–Kier alpha value is -4.54. The van der Waals surface area contributed by atoms with Gasteiger partial charge >= 0.3 is 17.8 Å².